The van der Waals surface area contributed by atoms with Crippen molar-refractivity contribution >= 4 is 0 Å². The van der Waals surface area contributed by atoms with Gasteiger partial charge in [-0.25, -0.2) is 4.39 Å². The monoisotopic (exact) mass is 257 g/mol. The van der Waals surface area contributed by atoms with E-state index in [1.54, 1.807) is 19.2 Å². The van der Waals surface area contributed by atoms with Crippen molar-refractivity contribution < 1.29 is 18.6 Å². The summed E-state index contributed by atoms with van der Waals surface area (Å²) in [6, 6.07) is 4.72. The molecule has 1 rings (SSSR count). The molecule has 0 amide bonds. The lowest BCUT2D eigenvalue weighted by Gasteiger charge is -2.08. The van der Waals surface area contributed by atoms with E-state index >= 15 is 0 Å². The van der Waals surface area contributed by atoms with Crippen LogP contribution in [0.5, 0.6) is 5.75 Å². The van der Waals surface area contributed by atoms with Crippen LogP contribution in [0.25, 0.3) is 0 Å². The Hall–Kier alpha value is -1.17. The third kappa shape index (κ3) is 5.44. The van der Waals surface area contributed by atoms with Crippen LogP contribution in [0, 0.1) is 5.82 Å². The lowest BCUT2D eigenvalue weighted by Crippen LogP contribution is -2.09. The van der Waals surface area contributed by atoms with E-state index in [-0.39, 0.29) is 5.75 Å². The molecule has 5 heteroatoms. The Kier molecular flexibility index (Phi) is 7.32. The third-order valence-corrected chi connectivity index (χ3v) is 2.35. The largest absolute Gasteiger partial charge is 0.488 e. The van der Waals surface area contributed by atoms with Gasteiger partial charge in [0.15, 0.2) is 11.6 Å². The zero-order valence-electron chi connectivity index (χ0n) is 10.7. The molecular weight excluding hydrogens is 237 g/mol. The molecule has 0 heterocycles. The Labute approximate surface area is 107 Å². The molecule has 0 aromatic heterocycles. The first-order valence-corrected chi connectivity index (χ1v) is 5.96. The van der Waals surface area contributed by atoms with Gasteiger partial charge in [-0.2, -0.15) is 0 Å². The summed E-state index contributed by atoms with van der Waals surface area (Å²) in [5, 5.41) is 0. The van der Waals surface area contributed by atoms with Crippen molar-refractivity contribution in [1.29, 1.82) is 0 Å². The van der Waals surface area contributed by atoms with Gasteiger partial charge in [0.2, 0.25) is 0 Å². The van der Waals surface area contributed by atoms with Gasteiger partial charge in [0.1, 0.15) is 6.61 Å². The molecule has 0 bridgehead atoms. The summed E-state index contributed by atoms with van der Waals surface area (Å²) in [5.74, 6) is -0.162. The highest BCUT2D eigenvalue weighted by molar-refractivity contribution is 5.29. The number of methoxy groups -OCH3 is 1. The minimum absolute atomic E-state index is 0.229. The van der Waals surface area contributed by atoms with Gasteiger partial charge in [-0.05, 0) is 24.1 Å². The number of hydrogen-bond donors (Lipinski definition) is 1. The number of rotatable bonds is 9. The van der Waals surface area contributed by atoms with E-state index in [4.69, 9.17) is 19.9 Å². The van der Waals surface area contributed by atoms with Crippen LogP contribution in [0.2, 0.25) is 0 Å². The van der Waals surface area contributed by atoms with E-state index in [1.165, 1.54) is 6.07 Å². The van der Waals surface area contributed by atoms with E-state index in [0.717, 1.165) is 12.0 Å². The average molecular weight is 257 g/mol. The topological polar surface area (TPSA) is 53.7 Å². The molecule has 18 heavy (non-hydrogen) atoms. The zero-order valence-corrected chi connectivity index (χ0v) is 10.7. The second kappa shape index (κ2) is 8.85. The zero-order chi connectivity index (χ0) is 13.2. The van der Waals surface area contributed by atoms with Crippen LogP contribution in [0.15, 0.2) is 18.2 Å². The first-order valence-electron chi connectivity index (χ1n) is 5.96. The molecule has 4 nitrogen and oxygen atoms in total. The van der Waals surface area contributed by atoms with Crippen molar-refractivity contribution in [2.45, 2.75) is 13.0 Å². The molecule has 0 spiro atoms. The number of benzene rings is 1. The molecule has 0 aliphatic heterocycles. The molecule has 102 valence electrons. The maximum atomic E-state index is 13.5. The van der Waals surface area contributed by atoms with Gasteiger partial charge in [-0.3, -0.25) is 0 Å². The first-order chi connectivity index (χ1) is 8.77. The highest BCUT2D eigenvalue weighted by atomic mass is 19.1. The Balaban J connectivity index is 2.19. The SMILES string of the molecule is COCCCOCCOc1ccc(CN)cc1F. The van der Waals surface area contributed by atoms with Gasteiger partial charge in [-0.1, -0.05) is 6.07 Å². The van der Waals surface area contributed by atoms with Crippen LogP contribution in [-0.4, -0.2) is 33.5 Å². The molecule has 0 fully saturated rings. The predicted molar refractivity (Wildman–Crippen MR) is 67.1 cm³/mol. The molecule has 1 aromatic carbocycles. The van der Waals surface area contributed by atoms with Crippen molar-refractivity contribution in [1.82, 2.24) is 0 Å². The van der Waals surface area contributed by atoms with Gasteiger partial charge in [-0.15, -0.1) is 0 Å². The van der Waals surface area contributed by atoms with Crippen molar-refractivity contribution in [2.75, 3.05) is 33.5 Å². The lowest BCUT2D eigenvalue weighted by atomic mass is 10.2. The van der Waals surface area contributed by atoms with Crippen molar-refractivity contribution in [3.8, 4) is 5.75 Å². The van der Waals surface area contributed by atoms with E-state index in [0.29, 0.717) is 33.0 Å². The number of hydrogen-bond acceptors (Lipinski definition) is 4. The molecule has 0 saturated carbocycles. The fraction of sp³-hybridized carbons (Fsp3) is 0.538. The fourth-order valence-corrected chi connectivity index (χ4v) is 1.41. The second-order valence-electron chi connectivity index (χ2n) is 3.78. The van der Waals surface area contributed by atoms with E-state index in [1.807, 2.05) is 0 Å². The molecule has 0 aliphatic rings. The Morgan fingerprint density at radius 1 is 1.17 bits per heavy atom. The Morgan fingerprint density at radius 3 is 2.67 bits per heavy atom. The summed E-state index contributed by atoms with van der Waals surface area (Å²) in [6.07, 6.45) is 0.843. The van der Waals surface area contributed by atoms with Crippen LogP contribution >= 0.6 is 0 Å². The van der Waals surface area contributed by atoms with Crippen LogP contribution in [0.1, 0.15) is 12.0 Å². The second-order valence-corrected chi connectivity index (χ2v) is 3.78. The van der Waals surface area contributed by atoms with Crippen LogP contribution in [-0.2, 0) is 16.0 Å². The average Bonchev–Trinajstić information content (AvgIpc) is 2.39. The molecule has 0 aliphatic carbocycles. The van der Waals surface area contributed by atoms with E-state index < -0.39 is 5.82 Å². The standard InChI is InChI=1S/C13H20FNO3/c1-16-5-2-6-17-7-8-18-13-4-3-11(10-15)9-12(13)14/h3-4,9H,2,5-8,10,15H2,1H3. The van der Waals surface area contributed by atoms with Crippen LogP contribution in [0.3, 0.4) is 0 Å². The van der Waals surface area contributed by atoms with Gasteiger partial charge in [0, 0.05) is 26.9 Å². The normalized spacial score (nSPS) is 10.6. The molecule has 2 N–H and O–H groups in total. The molecule has 1 aromatic rings. The molecule has 0 atom stereocenters. The summed E-state index contributed by atoms with van der Waals surface area (Å²) < 4.78 is 28.9. The van der Waals surface area contributed by atoms with Crippen LogP contribution < -0.4 is 10.5 Å². The Bertz CT molecular complexity index is 347. The smallest absolute Gasteiger partial charge is 0.165 e. The van der Waals surface area contributed by atoms with E-state index in [9.17, 15) is 4.39 Å². The predicted octanol–water partition coefficient (Wildman–Crippen LogP) is 1.72. The fourth-order valence-electron chi connectivity index (χ4n) is 1.41. The Morgan fingerprint density at radius 2 is 2.00 bits per heavy atom. The summed E-state index contributed by atoms with van der Waals surface area (Å²) in [4.78, 5) is 0. The minimum Gasteiger partial charge on any atom is -0.488 e. The molecular formula is C13H20FNO3. The van der Waals surface area contributed by atoms with Crippen molar-refractivity contribution in [2.24, 2.45) is 5.73 Å². The third-order valence-electron chi connectivity index (χ3n) is 2.35. The van der Waals surface area contributed by atoms with Gasteiger partial charge < -0.3 is 19.9 Å². The van der Waals surface area contributed by atoms with Crippen molar-refractivity contribution in [3.63, 3.8) is 0 Å². The maximum absolute atomic E-state index is 13.5. The minimum atomic E-state index is -0.391. The number of halogens is 1. The van der Waals surface area contributed by atoms with Gasteiger partial charge in [0.25, 0.3) is 0 Å². The van der Waals surface area contributed by atoms with Gasteiger partial charge in [0.05, 0.1) is 6.61 Å². The summed E-state index contributed by atoms with van der Waals surface area (Å²) in [5.41, 5.74) is 6.16. The highest BCUT2D eigenvalue weighted by Gasteiger charge is 2.03. The van der Waals surface area contributed by atoms with Crippen LogP contribution in [0.4, 0.5) is 4.39 Å². The number of ether oxygens (including phenoxy) is 3. The summed E-state index contributed by atoms with van der Waals surface area (Å²) in [7, 11) is 1.65. The lowest BCUT2D eigenvalue weighted by molar-refractivity contribution is 0.0797. The highest BCUT2D eigenvalue weighted by Crippen LogP contribution is 2.17. The van der Waals surface area contributed by atoms with Gasteiger partial charge >= 0.3 is 0 Å². The summed E-state index contributed by atoms with van der Waals surface area (Å²) >= 11 is 0. The quantitative estimate of drug-likeness (QED) is 0.684. The maximum Gasteiger partial charge on any atom is 0.165 e. The first kappa shape index (κ1) is 14.9. The molecule has 0 unspecified atom stereocenters. The number of nitrogens with two attached hydrogens (primary N) is 1. The van der Waals surface area contributed by atoms with E-state index in [2.05, 4.69) is 0 Å². The summed E-state index contributed by atoms with van der Waals surface area (Å²) in [6.45, 7) is 2.37. The molecule has 0 radical (unpaired) electrons. The molecule has 0 saturated heterocycles. The van der Waals surface area contributed by atoms with Crippen molar-refractivity contribution in [3.05, 3.63) is 29.6 Å².